The van der Waals surface area contributed by atoms with Gasteiger partial charge in [0.05, 0.1) is 5.04 Å². The highest BCUT2D eigenvalue weighted by molar-refractivity contribution is 8.13. The molecule has 14 heavy (non-hydrogen) atoms. The molecule has 0 amide bonds. The van der Waals surface area contributed by atoms with Gasteiger partial charge in [-0.2, -0.15) is 0 Å². The molecule has 1 rings (SSSR count). The van der Waals surface area contributed by atoms with Crippen molar-refractivity contribution in [1.82, 2.24) is 0 Å². The number of benzene rings is 1. The third-order valence-corrected chi connectivity index (χ3v) is 2.50. The Morgan fingerprint density at radius 1 is 1.36 bits per heavy atom. The molecule has 1 aromatic carbocycles. The van der Waals surface area contributed by atoms with Crippen molar-refractivity contribution in [2.75, 3.05) is 0 Å². The Bertz CT molecular complexity index is 321. The van der Waals surface area contributed by atoms with E-state index in [-0.39, 0.29) is 0 Å². The summed E-state index contributed by atoms with van der Waals surface area (Å²) in [5, 5.41) is 11.0. The maximum atomic E-state index is 4.83. The van der Waals surface area contributed by atoms with Gasteiger partial charge in [-0.3, -0.25) is 0 Å². The van der Waals surface area contributed by atoms with Crippen LogP contribution >= 0.6 is 11.8 Å². The Labute approximate surface area is 87.3 Å². The molecular weight excluding hydrogens is 196 g/mol. The predicted octanol–water partition coefficient (Wildman–Crippen LogP) is 2.58. The van der Waals surface area contributed by atoms with Gasteiger partial charge in [-0.25, -0.2) is 0 Å². The first-order valence-corrected chi connectivity index (χ1v) is 5.12. The second-order valence-electron chi connectivity index (χ2n) is 2.60. The normalized spacial score (nSPS) is 12.2. The average Bonchev–Trinajstić information content (AvgIpc) is 2.25. The Hall–Kier alpha value is -1.36. The molecule has 0 heterocycles. The van der Waals surface area contributed by atoms with Crippen LogP contribution in [0.5, 0.6) is 0 Å². The zero-order chi connectivity index (χ0) is 10.2. The Morgan fingerprint density at radius 3 is 2.71 bits per heavy atom. The molecule has 0 aliphatic heterocycles. The maximum absolute atomic E-state index is 4.83. The van der Waals surface area contributed by atoms with E-state index in [9.17, 15) is 0 Å². The molecule has 0 unspecified atom stereocenters. The van der Waals surface area contributed by atoms with Gasteiger partial charge in [0.15, 0.2) is 0 Å². The predicted molar refractivity (Wildman–Crippen MR) is 59.9 cm³/mol. The van der Waals surface area contributed by atoms with Crippen LogP contribution in [0, 0.1) is 0 Å². The smallest absolute Gasteiger partial charge is 0.0949 e. The molecule has 1 aromatic rings. The molecule has 2 N–H and O–H groups in total. The van der Waals surface area contributed by atoms with E-state index in [0.29, 0.717) is 0 Å². The SMILES string of the molecule is C/C(=N\N=N/N)SCc1ccccc1. The standard InChI is InChI=1S/C9H12N4S/c1-8(11-13-12-10)14-7-9-5-3-2-4-6-9/h2-6H,7H2,1H3,(H2,10,13)/b11-8+. The Morgan fingerprint density at radius 2 is 2.07 bits per heavy atom. The van der Waals surface area contributed by atoms with Crippen LogP contribution in [0.2, 0.25) is 0 Å². The third-order valence-electron chi connectivity index (χ3n) is 1.53. The lowest BCUT2D eigenvalue weighted by molar-refractivity contribution is 0.958. The van der Waals surface area contributed by atoms with Crippen molar-refractivity contribution in [2.45, 2.75) is 12.7 Å². The topological polar surface area (TPSA) is 63.1 Å². The van der Waals surface area contributed by atoms with Crippen molar-refractivity contribution < 1.29 is 0 Å². The quantitative estimate of drug-likeness (QED) is 0.273. The minimum absolute atomic E-state index is 0.850. The highest BCUT2D eigenvalue weighted by Gasteiger charge is 1.94. The third kappa shape index (κ3) is 4.04. The molecule has 5 heteroatoms. The average molecular weight is 208 g/mol. The number of hydrogen-bond donors (Lipinski definition) is 1. The first kappa shape index (κ1) is 10.7. The van der Waals surface area contributed by atoms with Crippen LogP contribution in [0.25, 0.3) is 0 Å². The molecule has 0 fully saturated rings. The van der Waals surface area contributed by atoms with E-state index < -0.39 is 0 Å². The van der Waals surface area contributed by atoms with Crippen molar-refractivity contribution >= 4 is 16.8 Å². The maximum Gasteiger partial charge on any atom is 0.0949 e. The lowest BCUT2D eigenvalue weighted by Gasteiger charge is -1.98. The van der Waals surface area contributed by atoms with Crippen LogP contribution in [0.4, 0.5) is 0 Å². The summed E-state index contributed by atoms with van der Waals surface area (Å²) < 4.78 is 0. The van der Waals surface area contributed by atoms with Crippen LogP contribution in [0.3, 0.4) is 0 Å². The van der Waals surface area contributed by atoms with Crippen molar-refractivity contribution in [3.63, 3.8) is 0 Å². The molecule has 0 spiro atoms. The zero-order valence-electron chi connectivity index (χ0n) is 7.92. The summed E-state index contributed by atoms with van der Waals surface area (Å²) in [7, 11) is 0. The Balaban J connectivity index is 2.41. The number of nitrogens with zero attached hydrogens (tertiary/aromatic N) is 3. The fourth-order valence-electron chi connectivity index (χ4n) is 0.880. The summed E-state index contributed by atoms with van der Waals surface area (Å²) in [6.07, 6.45) is 0. The van der Waals surface area contributed by atoms with Crippen molar-refractivity contribution in [1.29, 1.82) is 0 Å². The van der Waals surface area contributed by atoms with Gasteiger partial charge in [-0.1, -0.05) is 35.6 Å². The van der Waals surface area contributed by atoms with E-state index in [0.717, 1.165) is 10.8 Å². The number of nitrogens with two attached hydrogens (primary N) is 1. The zero-order valence-corrected chi connectivity index (χ0v) is 8.74. The molecule has 0 aliphatic carbocycles. The molecule has 0 atom stereocenters. The summed E-state index contributed by atoms with van der Waals surface area (Å²) in [4.78, 5) is 0. The molecular formula is C9H12N4S. The van der Waals surface area contributed by atoms with Gasteiger partial charge < -0.3 is 5.84 Å². The van der Waals surface area contributed by atoms with Gasteiger partial charge in [0.25, 0.3) is 0 Å². The second-order valence-corrected chi connectivity index (χ2v) is 3.77. The molecule has 0 saturated heterocycles. The highest BCUT2D eigenvalue weighted by atomic mass is 32.2. The summed E-state index contributed by atoms with van der Waals surface area (Å²) in [6.45, 7) is 1.88. The summed E-state index contributed by atoms with van der Waals surface area (Å²) in [5.74, 6) is 5.71. The fraction of sp³-hybridized carbons (Fsp3) is 0.222. The van der Waals surface area contributed by atoms with E-state index in [1.54, 1.807) is 11.8 Å². The van der Waals surface area contributed by atoms with Crippen molar-refractivity contribution in [3.05, 3.63) is 35.9 Å². The minimum Gasteiger partial charge on any atom is -0.303 e. The first-order valence-electron chi connectivity index (χ1n) is 4.14. The molecule has 0 saturated carbocycles. The fourth-order valence-corrected chi connectivity index (χ4v) is 1.54. The molecule has 74 valence electrons. The van der Waals surface area contributed by atoms with E-state index in [4.69, 9.17) is 5.84 Å². The number of hydrogen-bond acceptors (Lipinski definition) is 3. The lowest BCUT2D eigenvalue weighted by Crippen LogP contribution is -1.86. The van der Waals surface area contributed by atoms with Gasteiger partial charge in [-0.05, 0) is 17.7 Å². The molecule has 0 bridgehead atoms. The van der Waals surface area contributed by atoms with Crippen LogP contribution in [0.1, 0.15) is 12.5 Å². The van der Waals surface area contributed by atoms with Gasteiger partial charge in [0.2, 0.25) is 0 Å². The summed E-state index contributed by atoms with van der Waals surface area (Å²) in [6, 6.07) is 10.2. The van der Waals surface area contributed by atoms with E-state index in [1.807, 2.05) is 25.1 Å². The molecule has 4 nitrogen and oxygen atoms in total. The van der Waals surface area contributed by atoms with Crippen LogP contribution in [0.15, 0.2) is 45.9 Å². The molecule has 0 aliphatic rings. The largest absolute Gasteiger partial charge is 0.303 e. The second kappa shape index (κ2) is 6.15. The highest BCUT2D eigenvalue weighted by Crippen LogP contribution is 2.13. The van der Waals surface area contributed by atoms with Crippen LogP contribution in [-0.2, 0) is 5.75 Å². The van der Waals surface area contributed by atoms with E-state index in [1.165, 1.54) is 5.56 Å². The summed E-state index contributed by atoms with van der Waals surface area (Å²) >= 11 is 1.61. The lowest BCUT2D eigenvalue weighted by atomic mass is 10.2. The van der Waals surface area contributed by atoms with Crippen molar-refractivity contribution in [2.24, 2.45) is 21.4 Å². The molecule has 0 aromatic heterocycles. The van der Waals surface area contributed by atoms with E-state index in [2.05, 4.69) is 27.7 Å². The van der Waals surface area contributed by atoms with Crippen LogP contribution in [-0.4, -0.2) is 5.04 Å². The monoisotopic (exact) mass is 208 g/mol. The van der Waals surface area contributed by atoms with Crippen molar-refractivity contribution in [3.8, 4) is 0 Å². The number of thioether (sulfide) groups is 1. The summed E-state index contributed by atoms with van der Waals surface area (Å²) in [5.41, 5.74) is 1.26. The Kier molecular flexibility index (Phi) is 4.71. The van der Waals surface area contributed by atoms with Gasteiger partial charge in [0, 0.05) is 5.75 Å². The number of rotatable bonds is 3. The van der Waals surface area contributed by atoms with Gasteiger partial charge in [0.1, 0.15) is 0 Å². The van der Waals surface area contributed by atoms with Gasteiger partial charge in [-0.15, -0.1) is 16.9 Å². The van der Waals surface area contributed by atoms with Crippen LogP contribution < -0.4 is 5.84 Å². The van der Waals surface area contributed by atoms with E-state index >= 15 is 0 Å². The minimum atomic E-state index is 0.850. The molecule has 0 radical (unpaired) electrons. The van der Waals surface area contributed by atoms with Gasteiger partial charge >= 0.3 is 0 Å². The first-order chi connectivity index (χ1) is 6.83.